The predicted octanol–water partition coefficient (Wildman–Crippen LogP) is 5.14. The number of sulfonamides is 1. The lowest BCUT2D eigenvalue weighted by Gasteiger charge is -2.39. The van der Waals surface area contributed by atoms with Crippen LogP contribution >= 0.6 is 0 Å². The van der Waals surface area contributed by atoms with Crippen LogP contribution in [0.1, 0.15) is 24.5 Å². The zero-order valence-electron chi connectivity index (χ0n) is 24.4. The van der Waals surface area contributed by atoms with Crippen LogP contribution in [-0.4, -0.2) is 65.8 Å². The van der Waals surface area contributed by atoms with Crippen LogP contribution in [0.3, 0.4) is 0 Å². The highest BCUT2D eigenvalue weighted by atomic mass is 32.2. The third-order valence-electron chi connectivity index (χ3n) is 7.14. The molecule has 3 N–H and O–H groups in total. The van der Waals surface area contributed by atoms with Gasteiger partial charge in [0.05, 0.1) is 10.4 Å². The molecule has 5 rings (SSSR count). The van der Waals surface area contributed by atoms with Crippen LogP contribution in [0.2, 0.25) is 0 Å². The first-order valence-electron chi connectivity index (χ1n) is 13.9. The van der Waals surface area contributed by atoms with Crippen molar-refractivity contribution in [2.24, 2.45) is 5.73 Å². The molecule has 1 fully saturated rings. The molecule has 4 aromatic rings. The Morgan fingerprint density at radius 2 is 1.67 bits per heavy atom. The Labute approximate surface area is 261 Å². The number of ether oxygens (including phenoxy) is 1. The van der Waals surface area contributed by atoms with Gasteiger partial charge in [0.1, 0.15) is 17.6 Å². The van der Waals surface area contributed by atoms with E-state index in [1.165, 1.54) is 19.1 Å². The number of pyridine rings is 2. The summed E-state index contributed by atoms with van der Waals surface area (Å²) in [6.45, 7) is 1.71. The van der Waals surface area contributed by atoms with Crippen molar-refractivity contribution < 1.29 is 45.0 Å². The number of nitrogens with zero attached hydrogens (tertiary/aromatic N) is 4. The number of rotatable bonds is 8. The molecule has 46 heavy (non-hydrogen) atoms. The zero-order valence-corrected chi connectivity index (χ0v) is 25.2. The fourth-order valence-corrected chi connectivity index (χ4v) is 6.20. The maximum atomic E-state index is 13.1. The average molecular weight is 668 g/mol. The van der Waals surface area contributed by atoms with Crippen LogP contribution < -0.4 is 15.4 Å². The summed E-state index contributed by atoms with van der Waals surface area (Å²) < 4.78 is 93.9. The molecule has 0 bridgehead atoms. The highest BCUT2D eigenvalue weighted by molar-refractivity contribution is 7.89. The summed E-state index contributed by atoms with van der Waals surface area (Å²) in [5.74, 6) is -4.16. The van der Waals surface area contributed by atoms with Crippen molar-refractivity contribution in [1.82, 2.24) is 14.3 Å². The first-order chi connectivity index (χ1) is 21.6. The molecule has 2 aromatic carbocycles. The molecule has 10 nitrogen and oxygen atoms in total. The molecule has 1 aliphatic rings. The summed E-state index contributed by atoms with van der Waals surface area (Å²) in [5, 5.41) is 10.5. The SMILES string of the molecule is CCC(F)(F)c1ccc(CN)cc1.O=C(O)[C@H]1CN(c2ccc3cnccc3n2)CCN1S(=O)(=O)c1ccc(OC(F)(F)F)cc1. The van der Waals surface area contributed by atoms with E-state index in [1.54, 1.807) is 47.6 Å². The Kier molecular flexibility index (Phi) is 10.4. The molecule has 0 aliphatic carbocycles. The Bertz CT molecular complexity index is 1760. The second-order valence-corrected chi connectivity index (χ2v) is 12.0. The molecule has 0 spiro atoms. The highest BCUT2D eigenvalue weighted by Crippen LogP contribution is 2.31. The van der Waals surface area contributed by atoms with Crippen molar-refractivity contribution in [3.8, 4) is 5.75 Å². The standard InChI is InChI=1S/C20H17F3N4O5S.C10H13F2N/c21-20(22,23)32-14-2-4-15(5-3-14)33(30,31)27-10-9-26(12-17(27)19(28)29)18-6-1-13-11-24-8-7-16(13)25-18;1-2-10(11,12)9-5-3-8(7-13)4-6-9/h1-8,11,17H,9-10,12H2,(H,28,29);3-6H,2,7,13H2,1H3/t17-;/m1./s1. The van der Waals surface area contributed by atoms with E-state index in [2.05, 4.69) is 14.7 Å². The second-order valence-electron chi connectivity index (χ2n) is 10.1. The molecule has 1 atom stereocenters. The first kappa shape index (κ1) is 34.5. The summed E-state index contributed by atoms with van der Waals surface area (Å²) in [7, 11) is -4.30. The van der Waals surface area contributed by atoms with Crippen LogP contribution in [0.5, 0.6) is 5.75 Å². The van der Waals surface area contributed by atoms with Crippen LogP contribution in [0.15, 0.2) is 84.0 Å². The van der Waals surface area contributed by atoms with E-state index in [0.717, 1.165) is 39.5 Å². The van der Waals surface area contributed by atoms with Crippen molar-refractivity contribution in [2.45, 2.75) is 43.1 Å². The summed E-state index contributed by atoms with van der Waals surface area (Å²) >= 11 is 0. The molecule has 0 amide bonds. The topological polar surface area (TPSA) is 139 Å². The lowest BCUT2D eigenvalue weighted by Crippen LogP contribution is -2.58. The number of aliphatic carboxylic acids is 1. The smallest absolute Gasteiger partial charge is 0.480 e. The Balaban J connectivity index is 0.000000310. The molecule has 0 unspecified atom stereocenters. The number of carboxylic acids is 1. The Morgan fingerprint density at radius 1 is 1.00 bits per heavy atom. The summed E-state index contributed by atoms with van der Waals surface area (Å²) in [6, 6.07) is 13.5. The van der Waals surface area contributed by atoms with Gasteiger partial charge in [0.15, 0.2) is 0 Å². The van der Waals surface area contributed by atoms with Gasteiger partial charge in [-0.15, -0.1) is 13.2 Å². The normalized spacial score (nSPS) is 16.1. The van der Waals surface area contributed by atoms with E-state index >= 15 is 0 Å². The van der Waals surface area contributed by atoms with Crippen LogP contribution in [0.25, 0.3) is 10.9 Å². The number of carboxylic acid groups (broad SMARTS) is 1. The monoisotopic (exact) mass is 667 g/mol. The van der Waals surface area contributed by atoms with Gasteiger partial charge in [0.25, 0.3) is 5.92 Å². The zero-order chi connectivity index (χ0) is 33.7. The van der Waals surface area contributed by atoms with Gasteiger partial charge >= 0.3 is 12.3 Å². The van der Waals surface area contributed by atoms with Gasteiger partial charge in [-0.3, -0.25) is 9.78 Å². The minimum atomic E-state index is -4.92. The number of hydrogen-bond donors (Lipinski definition) is 2. The van der Waals surface area contributed by atoms with E-state index in [9.17, 15) is 40.3 Å². The molecule has 2 aromatic heterocycles. The molecular formula is C30H30F5N5O5S. The highest BCUT2D eigenvalue weighted by Gasteiger charge is 2.41. The third kappa shape index (κ3) is 8.24. The van der Waals surface area contributed by atoms with Gasteiger partial charge in [0.2, 0.25) is 10.0 Å². The minimum absolute atomic E-state index is 0.0622. The quantitative estimate of drug-likeness (QED) is 0.245. The van der Waals surface area contributed by atoms with Crippen LogP contribution in [0, 0.1) is 0 Å². The fraction of sp³-hybridized carbons (Fsp3) is 0.300. The lowest BCUT2D eigenvalue weighted by molar-refractivity contribution is -0.274. The number of carbonyl (C=O) groups is 1. The van der Waals surface area contributed by atoms with Gasteiger partial charge in [-0.25, -0.2) is 22.2 Å². The average Bonchev–Trinajstić information content (AvgIpc) is 3.04. The van der Waals surface area contributed by atoms with Gasteiger partial charge in [0, 0.05) is 55.9 Å². The summed E-state index contributed by atoms with van der Waals surface area (Å²) in [4.78, 5) is 21.8. The number of fused-ring (bicyclic) bond motifs is 1. The van der Waals surface area contributed by atoms with E-state index in [-0.39, 0.29) is 36.5 Å². The first-order valence-corrected chi connectivity index (χ1v) is 15.3. The van der Waals surface area contributed by atoms with Crippen LogP contribution in [-0.2, 0) is 27.3 Å². The largest absolute Gasteiger partial charge is 0.573 e. The number of alkyl halides is 5. The summed E-state index contributed by atoms with van der Waals surface area (Å²) in [5.41, 5.74) is 6.95. The Morgan fingerprint density at radius 3 is 2.26 bits per heavy atom. The molecule has 246 valence electrons. The van der Waals surface area contributed by atoms with Gasteiger partial charge < -0.3 is 20.5 Å². The molecule has 3 heterocycles. The molecule has 0 radical (unpaired) electrons. The predicted molar refractivity (Wildman–Crippen MR) is 159 cm³/mol. The number of anilines is 1. The van der Waals surface area contributed by atoms with E-state index < -0.39 is 40.1 Å². The van der Waals surface area contributed by atoms with Crippen LogP contribution in [0.4, 0.5) is 27.8 Å². The van der Waals surface area contributed by atoms with E-state index in [0.29, 0.717) is 17.9 Å². The van der Waals surface area contributed by atoms with E-state index in [1.807, 2.05) is 0 Å². The minimum Gasteiger partial charge on any atom is -0.480 e. The van der Waals surface area contributed by atoms with Gasteiger partial charge in [-0.2, -0.15) is 4.31 Å². The van der Waals surface area contributed by atoms with Crippen molar-refractivity contribution >= 4 is 32.7 Å². The lowest BCUT2D eigenvalue weighted by atomic mass is 10.0. The fourth-order valence-electron chi connectivity index (χ4n) is 4.63. The van der Waals surface area contributed by atoms with Crippen molar-refractivity contribution in [3.05, 3.63) is 90.3 Å². The number of aromatic nitrogens is 2. The number of nitrogens with two attached hydrogens (primary N) is 1. The third-order valence-corrected chi connectivity index (χ3v) is 9.06. The molecule has 16 heteroatoms. The number of benzene rings is 2. The van der Waals surface area contributed by atoms with Crippen molar-refractivity contribution in [3.63, 3.8) is 0 Å². The number of piperazine rings is 1. The van der Waals surface area contributed by atoms with E-state index in [4.69, 9.17) is 5.73 Å². The molecular weight excluding hydrogens is 637 g/mol. The molecule has 1 aliphatic heterocycles. The Hall–Kier alpha value is -4.41. The van der Waals surface area contributed by atoms with Crippen molar-refractivity contribution in [2.75, 3.05) is 24.5 Å². The number of halogens is 5. The maximum Gasteiger partial charge on any atom is 0.573 e. The number of hydrogen-bond acceptors (Lipinski definition) is 8. The maximum absolute atomic E-state index is 13.1. The second kappa shape index (κ2) is 13.9. The molecule has 1 saturated heterocycles. The molecule has 0 saturated carbocycles. The summed E-state index contributed by atoms with van der Waals surface area (Å²) in [6.07, 6.45) is -1.87. The van der Waals surface area contributed by atoms with Gasteiger partial charge in [-0.05, 0) is 48.0 Å². The van der Waals surface area contributed by atoms with Crippen molar-refractivity contribution in [1.29, 1.82) is 0 Å². The van der Waals surface area contributed by atoms with Gasteiger partial charge in [-0.1, -0.05) is 31.2 Å².